The summed E-state index contributed by atoms with van der Waals surface area (Å²) in [5.41, 5.74) is 0.506. The Labute approximate surface area is 166 Å². The number of tetrazole rings is 1. The molecular formula is C20H12F3N5O2. The van der Waals surface area contributed by atoms with Crippen molar-refractivity contribution >= 4 is 21.9 Å². The Morgan fingerprint density at radius 2 is 1.90 bits per heavy atom. The molecule has 5 rings (SSSR count). The zero-order chi connectivity index (χ0) is 20.7. The second kappa shape index (κ2) is 6.83. The average molecular weight is 411 g/mol. The van der Waals surface area contributed by atoms with Crippen LogP contribution in [0.2, 0.25) is 0 Å². The number of fused-ring (bicyclic) bond motifs is 2. The summed E-state index contributed by atoms with van der Waals surface area (Å²) in [6.07, 6.45) is -4.61. The molecule has 0 radical (unpaired) electrons. The number of pyridine rings is 1. The van der Waals surface area contributed by atoms with Crippen molar-refractivity contribution < 1.29 is 22.3 Å². The minimum atomic E-state index is -4.61. The van der Waals surface area contributed by atoms with Gasteiger partial charge >= 0.3 is 6.18 Å². The molecular weight excluding hydrogens is 399 g/mol. The van der Waals surface area contributed by atoms with Gasteiger partial charge in [-0.15, -0.1) is 5.10 Å². The molecule has 0 saturated carbocycles. The van der Waals surface area contributed by atoms with E-state index in [-0.39, 0.29) is 23.7 Å². The number of hydrogen-bond acceptors (Lipinski definition) is 6. The molecule has 3 heterocycles. The van der Waals surface area contributed by atoms with Crippen molar-refractivity contribution in [2.24, 2.45) is 0 Å². The molecule has 3 aromatic heterocycles. The number of H-pyrrole nitrogens is 1. The monoisotopic (exact) mass is 411 g/mol. The lowest BCUT2D eigenvalue weighted by atomic mass is 10.1. The standard InChI is InChI=1S/C20H12F3N5O2/c21-20(22,23)18-9-17(29-10-19-25-27-28-26-19)13-7-12(5-6-14(13)24-18)16-8-11-3-1-2-4-15(11)30-16/h1-9H,10H2,(H,25,26,27,28). The number of aromatic amines is 1. The molecule has 0 aliphatic carbocycles. The average Bonchev–Trinajstić information content (AvgIpc) is 3.40. The van der Waals surface area contributed by atoms with Crippen molar-refractivity contribution in [1.29, 1.82) is 0 Å². The zero-order valence-electron chi connectivity index (χ0n) is 15.1. The maximum Gasteiger partial charge on any atom is 0.433 e. The van der Waals surface area contributed by atoms with Gasteiger partial charge in [-0.25, -0.2) is 10.1 Å². The Balaban J connectivity index is 1.62. The molecule has 10 heteroatoms. The lowest BCUT2D eigenvalue weighted by Gasteiger charge is -2.13. The van der Waals surface area contributed by atoms with Crippen LogP contribution in [0.5, 0.6) is 5.75 Å². The topological polar surface area (TPSA) is 89.7 Å². The molecule has 0 saturated heterocycles. The van der Waals surface area contributed by atoms with Gasteiger partial charge in [0, 0.05) is 22.4 Å². The largest absolute Gasteiger partial charge is 0.485 e. The van der Waals surface area contributed by atoms with Gasteiger partial charge in [0.25, 0.3) is 0 Å². The Hall–Kier alpha value is -3.95. The van der Waals surface area contributed by atoms with E-state index in [0.29, 0.717) is 22.3 Å². The molecule has 7 nitrogen and oxygen atoms in total. The summed E-state index contributed by atoms with van der Waals surface area (Å²) in [4.78, 5) is 3.75. The molecule has 5 aromatic rings. The van der Waals surface area contributed by atoms with Crippen LogP contribution in [-0.4, -0.2) is 25.6 Å². The Morgan fingerprint density at radius 1 is 1.03 bits per heavy atom. The highest BCUT2D eigenvalue weighted by molar-refractivity contribution is 5.91. The van der Waals surface area contributed by atoms with Gasteiger partial charge in [0.1, 0.15) is 29.4 Å². The summed E-state index contributed by atoms with van der Waals surface area (Å²) in [5, 5.41) is 14.4. The third-order valence-corrected chi connectivity index (χ3v) is 4.52. The predicted molar refractivity (Wildman–Crippen MR) is 100 cm³/mol. The van der Waals surface area contributed by atoms with Crippen LogP contribution in [-0.2, 0) is 12.8 Å². The van der Waals surface area contributed by atoms with E-state index in [2.05, 4.69) is 25.6 Å². The number of benzene rings is 2. The van der Waals surface area contributed by atoms with Crippen LogP contribution < -0.4 is 4.74 Å². The molecule has 0 spiro atoms. The van der Waals surface area contributed by atoms with Crippen LogP contribution in [0.1, 0.15) is 11.5 Å². The maximum absolute atomic E-state index is 13.3. The molecule has 30 heavy (non-hydrogen) atoms. The van der Waals surface area contributed by atoms with E-state index in [1.54, 1.807) is 12.1 Å². The van der Waals surface area contributed by atoms with Gasteiger partial charge in [0.15, 0.2) is 5.82 Å². The van der Waals surface area contributed by atoms with E-state index in [4.69, 9.17) is 9.15 Å². The number of halogens is 3. The quantitative estimate of drug-likeness (QED) is 0.459. The molecule has 0 unspecified atom stereocenters. The van der Waals surface area contributed by atoms with E-state index in [0.717, 1.165) is 11.5 Å². The molecule has 0 atom stereocenters. The van der Waals surface area contributed by atoms with Gasteiger partial charge in [-0.1, -0.05) is 18.2 Å². The first-order valence-electron chi connectivity index (χ1n) is 8.84. The van der Waals surface area contributed by atoms with E-state index in [1.165, 1.54) is 6.07 Å². The molecule has 2 aromatic carbocycles. The highest BCUT2D eigenvalue weighted by Crippen LogP contribution is 2.37. The number of rotatable bonds is 4. The second-order valence-corrected chi connectivity index (χ2v) is 6.52. The van der Waals surface area contributed by atoms with Crippen LogP contribution in [0.4, 0.5) is 13.2 Å². The van der Waals surface area contributed by atoms with Crippen molar-refractivity contribution in [3.63, 3.8) is 0 Å². The van der Waals surface area contributed by atoms with Gasteiger partial charge in [-0.05, 0) is 40.8 Å². The first kappa shape index (κ1) is 18.1. The lowest BCUT2D eigenvalue weighted by Crippen LogP contribution is -2.09. The van der Waals surface area contributed by atoms with Crippen LogP contribution in [0.25, 0.3) is 33.2 Å². The van der Waals surface area contributed by atoms with Crippen molar-refractivity contribution in [3.8, 4) is 17.1 Å². The Kier molecular flexibility index (Phi) is 4.12. The Bertz CT molecular complexity index is 1310. The minimum absolute atomic E-state index is 0.0155. The predicted octanol–water partition coefficient (Wildman–Crippen LogP) is 4.76. The van der Waals surface area contributed by atoms with E-state index >= 15 is 0 Å². The van der Waals surface area contributed by atoms with Gasteiger partial charge < -0.3 is 9.15 Å². The fraction of sp³-hybridized carbons (Fsp3) is 0.100. The number of nitrogens with one attached hydrogen (secondary N) is 1. The molecule has 0 fully saturated rings. The highest BCUT2D eigenvalue weighted by Gasteiger charge is 2.33. The van der Waals surface area contributed by atoms with E-state index in [9.17, 15) is 13.2 Å². The minimum Gasteiger partial charge on any atom is -0.485 e. The Morgan fingerprint density at radius 3 is 2.67 bits per heavy atom. The lowest BCUT2D eigenvalue weighted by molar-refractivity contribution is -0.141. The summed E-state index contributed by atoms with van der Waals surface area (Å²) in [7, 11) is 0. The van der Waals surface area contributed by atoms with Crippen molar-refractivity contribution in [2.75, 3.05) is 0 Å². The molecule has 0 aliphatic rings. The van der Waals surface area contributed by atoms with Crippen LogP contribution in [0.3, 0.4) is 0 Å². The molecule has 150 valence electrons. The number of para-hydroxylation sites is 1. The third kappa shape index (κ3) is 3.32. The van der Waals surface area contributed by atoms with Crippen molar-refractivity contribution in [2.45, 2.75) is 12.8 Å². The summed E-state index contributed by atoms with van der Waals surface area (Å²) >= 11 is 0. The highest BCUT2D eigenvalue weighted by atomic mass is 19.4. The van der Waals surface area contributed by atoms with Crippen LogP contribution >= 0.6 is 0 Å². The maximum atomic E-state index is 13.3. The van der Waals surface area contributed by atoms with Gasteiger partial charge in [0.2, 0.25) is 0 Å². The van der Waals surface area contributed by atoms with Crippen molar-refractivity contribution in [3.05, 3.63) is 66.1 Å². The smallest absolute Gasteiger partial charge is 0.433 e. The number of ether oxygens (including phenoxy) is 1. The summed E-state index contributed by atoms with van der Waals surface area (Å²) in [6, 6.07) is 15.1. The fourth-order valence-corrected chi connectivity index (χ4v) is 3.12. The van der Waals surface area contributed by atoms with Crippen LogP contribution in [0.15, 0.2) is 59.0 Å². The molecule has 0 amide bonds. The SMILES string of the molecule is FC(F)(F)c1cc(OCc2nnn[nH]2)c2cc(-c3cc4ccccc4o3)ccc2n1. The fourth-order valence-electron chi connectivity index (χ4n) is 3.12. The summed E-state index contributed by atoms with van der Waals surface area (Å²) < 4.78 is 51.4. The van der Waals surface area contributed by atoms with Gasteiger partial charge in [-0.2, -0.15) is 13.2 Å². The first-order chi connectivity index (χ1) is 14.5. The second-order valence-electron chi connectivity index (χ2n) is 6.52. The number of nitrogens with zero attached hydrogens (tertiary/aromatic N) is 4. The number of furan rings is 1. The van der Waals surface area contributed by atoms with E-state index in [1.807, 2.05) is 30.3 Å². The summed E-state index contributed by atoms with van der Waals surface area (Å²) in [6.45, 7) is -0.127. The first-order valence-corrected chi connectivity index (χ1v) is 8.84. The summed E-state index contributed by atoms with van der Waals surface area (Å²) in [5.74, 6) is 0.882. The molecule has 0 bridgehead atoms. The molecule has 1 N–H and O–H groups in total. The number of hydrogen-bond donors (Lipinski definition) is 1. The van der Waals surface area contributed by atoms with Crippen LogP contribution in [0, 0.1) is 0 Å². The number of aromatic nitrogens is 5. The molecule has 0 aliphatic heterocycles. The van der Waals surface area contributed by atoms with Crippen molar-refractivity contribution in [1.82, 2.24) is 25.6 Å². The zero-order valence-corrected chi connectivity index (χ0v) is 15.1. The number of alkyl halides is 3. The van der Waals surface area contributed by atoms with Gasteiger partial charge in [-0.3, -0.25) is 0 Å². The van der Waals surface area contributed by atoms with Gasteiger partial charge in [0.05, 0.1) is 5.52 Å². The third-order valence-electron chi connectivity index (χ3n) is 4.52. The van der Waals surface area contributed by atoms with E-state index < -0.39 is 11.9 Å². The normalized spacial score (nSPS) is 12.0.